The monoisotopic (exact) mass is 503 g/mol. The molecule has 10 heteroatoms. The average Bonchev–Trinajstić information content (AvgIpc) is 3.42. The van der Waals surface area contributed by atoms with Crippen LogP contribution in [0.15, 0.2) is 47.6 Å². The summed E-state index contributed by atoms with van der Waals surface area (Å²) in [5.41, 5.74) is 2.11. The lowest BCUT2D eigenvalue weighted by atomic mass is 10.1. The highest BCUT2D eigenvalue weighted by Crippen LogP contribution is 2.33. The van der Waals surface area contributed by atoms with Gasteiger partial charge < -0.3 is 14.8 Å². The van der Waals surface area contributed by atoms with Crippen LogP contribution < -0.4 is 5.32 Å². The van der Waals surface area contributed by atoms with Gasteiger partial charge in [0.25, 0.3) is 5.91 Å². The summed E-state index contributed by atoms with van der Waals surface area (Å²) in [7, 11) is 1.86. The van der Waals surface area contributed by atoms with Gasteiger partial charge in [-0.15, -0.1) is 10.2 Å². The van der Waals surface area contributed by atoms with Crippen LogP contribution in [0, 0.1) is 6.92 Å². The Hall–Kier alpha value is -2.55. The van der Waals surface area contributed by atoms with E-state index in [9.17, 15) is 9.59 Å². The predicted octanol–water partition coefficient (Wildman–Crippen LogP) is 5.14. The molecule has 2 heterocycles. The molecule has 1 fully saturated rings. The van der Waals surface area contributed by atoms with Gasteiger partial charge in [0.1, 0.15) is 0 Å². The fourth-order valence-corrected chi connectivity index (χ4v) is 4.86. The zero-order chi connectivity index (χ0) is 23.5. The number of halogens is 2. The molecule has 172 valence electrons. The van der Waals surface area contributed by atoms with Crippen LogP contribution in [0.3, 0.4) is 0 Å². The third-order valence-electron chi connectivity index (χ3n) is 5.65. The van der Waals surface area contributed by atoms with Crippen LogP contribution in [0.25, 0.3) is 0 Å². The number of benzene rings is 2. The minimum Gasteiger partial charge on any atom is -0.328 e. The van der Waals surface area contributed by atoms with Gasteiger partial charge >= 0.3 is 0 Å². The molecule has 7 nitrogen and oxygen atoms in total. The Bertz CT molecular complexity index is 1180. The highest BCUT2D eigenvalue weighted by molar-refractivity contribution is 7.99. The van der Waals surface area contributed by atoms with Gasteiger partial charge in [-0.1, -0.05) is 41.0 Å². The first-order valence-electron chi connectivity index (χ1n) is 10.5. The lowest BCUT2D eigenvalue weighted by Gasteiger charge is -2.24. The van der Waals surface area contributed by atoms with Crippen molar-refractivity contribution in [3.63, 3.8) is 0 Å². The van der Waals surface area contributed by atoms with Gasteiger partial charge in [-0.25, -0.2) is 0 Å². The van der Waals surface area contributed by atoms with Crippen LogP contribution in [0.4, 0.5) is 5.69 Å². The molecule has 2 amide bonds. The molecule has 2 aromatic carbocycles. The first-order chi connectivity index (χ1) is 15.8. The zero-order valence-corrected chi connectivity index (χ0v) is 20.5. The van der Waals surface area contributed by atoms with E-state index in [0.29, 0.717) is 38.8 Å². The average molecular weight is 504 g/mol. The van der Waals surface area contributed by atoms with Crippen molar-refractivity contribution in [3.8, 4) is 0 Å². The number of nitrogens with one attached hydrogen (secondary N) is 1. The standard InChI is InChI=1S/C23H23Cl2N5O2S/c1-14-17(25)5-3-6-18(14)26-20(31)13-33-23-28-27-21(29(23)2)19-7-4-12-30(19)22(32)15-8-10-16(24)11-9-15/h3,5-6,8-11,19H,4,7,12-13H2,1-2H3,(H,26,31). The second-order valence-corrected chi connectivity index (χ2v) is 9.60. The van der Waals surface area contributed by atoms with Crippen LogP contribution >= 0.6 is 35.0 Å². The molecule has 1 aromatic heterocycles. The lowest BCUT2D eigenvalue weighted by Crippen LogP contribution is -2.31. The predicted molar refractivity (Wildman–Crippen MR) is 131 cm³/mol. The number of hydrogen-bond acceptors (Lipinski definition) is 5. The Morgan fingerprint density at radius 1 is 1.15 bits per heavy atom. The van der Waals surface area contributed by atoms with Crippen molar-refractivity contribution in [2.45, 2.75) is 31.0 Å². The lowest BCUT2D eigenvalue weighted by molar-refractivity contribution is -0.113. The van der Waals surface area contributed by atoms with E-state index in [1.807, 2.05) is 29.5 Å². The van der Waals surface area contributed by atoms with Gasteiger partial charge in [-0.05, 0) is 61.7 Å². The number of carbonyl (C=O) groups is 2. The summed E-state index contributed by atoms with van der Waals surface area (Å²) < 4.78 is 1.86. The Morgan fingerprint density at radius 3 is 2.67 bits per heavy atom. The largest absolute Gasteiger partial charge is 0.328 e. The molecule has 1 saturated heterocycles. The van der Waals surface area contributed by atoms with Crippen LogP contribution in [0.2, 0.25) is 10.0 Å². The van der Waals surface area contributed by atoms with E-state index < -0.39 is 0 Å². The zero-order valence-electron chi connectivity index (χ0n) is 18.2. The van der Waals surface area contributed by atoms with E-state index in [2.05, 4.69) is 15.5 Å². The van der Waals surface area contributed by atoms with E-state index in [1.54, 1.807) is 36.4 Å². The van der Waals surface area contributed by atoms with Gasteiger partial charge in [0.15, 0.2) is 11.0 Å². The topological polar surface area (TPSA) is 80.1 Å². The molecule has 3 aromatic rings. The SMILES string of the molecule is Cc1c(Cl)cccc1NC(=O)CSc1nnc(C2CCCN2C(=O)c2ccc(Cl)cc2)n1C. The second-order valence-electron chi connectivity index (χ2n) is 7.81. The molecule has 0 spiro atoms. The van der Waals surface area contributed by atoms with E-state index in [-0.39, 0.29) is 23.6 Å². The van der Waals surface area contributed by atoms with Crippen LogP contribution in [0.1, 0.15) is 40.6 Å². The Morgan fingerprint density at radius 2 is 1.91 bits per heavy atom. The maximum Gasteiger partial charge on any atom is 0.254 e. The van der Waals surface area contributed by atoms with Crippen LogP contribution in [-0.4, -0.2) is 43.8 Å². The van der Waals surface area contributed by atoms with Crippen molar-refractivity contribution in [1.29, 1.82) is 0 Å². The number of nitrogens with zero attached hydrogens (tertiary/aromatic N) is 4. The van der Waals surface area contributed by atoms with Gasteiger partial charge in [-0.3, -0.25) is 9.59 Å². The number of amides is 2. The summed E-state index contributed by atoms with van der Waals surface area (Å²) in [4.78, 5) is 27.3. The molecule has 0 bridgehead atoms. The number of anilines is 1. The maximum absolute atomic E-state index is 13.1. The smallest absolute Gasteiger partial charge is 0.254 e. The summed E-state index contributed by atoms with van der Waals surface area (Å²) in [6.45, 7) is 2.52. The highest BCUT2D eigenvalue weighted by Gasteiger charge is 2.34. The van der Waals surface area contributed by atoms with Crippen molar-refractivity contribution in [2.24, 2.45) is 7.05 Å². The van der Waals surface area contributed by atoms with E-state index in [1.165, 1.54) is 11.8 Å². The first kappa shape index (κ1) is 23.6. The minimum atomic E-state index is -0.164. The third-order valence-corrected chi connectivity index (χ3v) is 7.33. The summed E-state index contributed by atoms with van der Waals surface area (Å²) >= 11 is 13.4. The molecular formula is C23H23Cl2N5O2S. The molecule has 1 atom stereocenters. The van der Waals surface area contributed by atoms with Crippen LogP contribution in [-0.2, 0) is 11.8 Å². The molecule has 1 N–H and O–H groups in total. The van der Waals surface area contributed by atoms with Gasteiger partial charge in [0.05, 0.1) is 11.8 Å². The highest BCUT2D eigenvalue weighted by atomic mass is 35.5. The number of rotatable bonds is 6. The van der Waals surface area contributed by atoms with E-state index in [0.717, 1.165) is 18.4 Å². The number of likely N-dealkylation sites (tertiary alicyclic amines) is 1. The van der Waals surface area contributed by atoms with Crippen molar-refractivity contribution in [3.05, 3.63) is 69.5 Å². The van der Waals surface area contributed by atoms with Crippen molar-refractivity contribution in [2.75, 3.05) is 17.6 Å². The van der Waals surface area contributed by atoms with Crippen molar-refractivity contribution in [1.82, 2.24) is 19.7 Å². The number of carbonyl (C=O) groups excluding carboxylic acids is 2. The Balaban J connectivity index is 1.42. The van der Waals surface area contributed by atoms with E-state index >= 15 is 0 Å². The summed E-state index contributed by atoms with van der Waals surface area (Å²) in [5, 5.41) is 13.3. The first-order valence-corrected chi connectivity index (χ1v) is 12.2. The van der Waals surface area contributed by atoms with Crippen molar-refractivity contribution < 1.29 is 9.59 Å². The molecule has 0 saturated carbocycles. The fraction of sp³-hybridized carbons (Fsp3) is 0.304. The normalized spacial score (nSPS) is 15.6. The maximum atomic E-state index is 13.1. The molecule has 4 rings (SSSR count). The van der Waals surface area contributed by atoms with Gasteiger partial charge in [0.2, 0.25) is 5.91 Å². The van der Waals surface area contributed by atoms with Crippen LogP contribution in [0.5, 0.6) is 0 Å². The third kappa shape index (κ3) is 5.18. The van der Waals surface area contributed by atoms with Crippen molar-refractivity contribution >= 4 is 52.5 Å². The molecule has 0 aliphatic carbocycles. The molecular weight excluding hydrogens is 481 g/mol. The molecule has 33 heavy (non-hydrogen) atoms. The summed E-state index contributed by atoms with van der Waals surface area (Å²) in [5.74, 6) is 0.678. The number of thioether (sulfide) groups is 1. The second kappa shape index (κ2) is 10.2. The number of aromatic nitrogens is 3. The van der Waals surface area contributed by atoms with Gasteiger partial charge in [-0.2, -0.15) is 0 Å². The Labute approximate surface area is 206 Å². The van der Waals surface area contributed by atoms with E-state index in [4.69, 9.17) is 23.2 Å². The summed E-state index contributed by atoms with van der Waals surface area (Å²) in [6.07, 6.45) is 1.70. The van der Waals surface area contributed by atoms with Gasteiger partial charge in [0, 0.05) is 34.9 Å². The quantitative estimate of drug-likeness (QED) is 0.471. The molecule has 1 aliphatic rings. The minimum absolute atomic E-state index is 0.0531. The fourth-order valence-electron chi connectivity index (χ4n) is 3.84. The summed E-state index contributed by atoms with van der Waals surface area (Å²) in [6, 6.07) is 12.1. The molecule has 1 unspecified atom stereocenters. The number of hydrogen-bond donors (Lipinski definition) is 1. The molecule has 0 radical (unpaired) electrons. The molecule has 1 aliphatic heterocycles. The Kier molecular flexibility index (Phi) is 7.26.